The SMILES string of the molecule is CNC1CCC(c2ccc(Cl)c(Cl)c2)c2ccc(CCC(C)=O)cc21. The number of hydrogen-bond donors (Lipinski definition) is 1. The lowest BCUT2D eigenvalue weighted by Crippen LogP contribution is -2.24. The number of benzene rings is 2. The van der Waals surface area contributed by atoms with Gasteiger partial charge in [0.25, 0.3) is 0 Å². The fraction of sp³-hybridized carbons (Fsp3) is 0.381. The number of carbonyl (C=O) groups is 1. The summed E-state index contributed by atoms with van der Waals surface area (Å²) in [7, 11) is 2.01. The van der Waals surface area contributed by atoms with Crippen LogP contribution in [-0.2, 0) is 11.2 Å². The van der Waals surface area contributed by atoms with E-state index in [1.165, 1.54) is 22.3 Å². The van der Waals surface area contributed by atoms with E-state index in [1.807, 2.05) is 19.2 Å². The van der Waals surface area contributed by atoms with E-state index >= 15 is 0 Å². The minimum atomic E-state index is 0.233. The van der Waals surface area contributed by atoms with Crippen LogP contribution >= 0.6 is 23.2 Å². The predicted molar refractivity (Wildman–Crippen MR) is 105 cm³/mol. The Kier molecular flexibility index (Phi) is 5.83. The molecule has 0 radical (unpaired) electrons. The average molecular weight is 376 g/mol. The number of carbonyl (C=O) groups excluding carboxylic acids is 1. The highest BCUT2D eigenvalue weighted by molar-refractivity contribution is 6.42. The molecular weight excluding hydrogens is 353 g/mol. The molecule has 0 amide bonds. The average Bonchev–Trinajstić information content (AvgIpc) is 2.61. The second kappa shape index (κ2) is 7.90. The summed E-state index contributed by atoms with van der Waals surface area (Å²) in [5.41, 5.74) is 5.12. The molecule has 0 saturated carbocycles. The van der Waals surface area contributed by atoms with Crippen molar-refractivity contribution in [1.82, 2.24) is 5.32 Å². The highest BCUT2D eigenvalue weighted by Gasteiger charge is 2.28. The van der Waals surface area contributed by atoms with Crippen molar-refractivity contribution in [2.75, 3.05) is 7.05 Å². The molecule has 0 aromatic heterocycles. The second-order valence-electron chi connectivity index (χ2n) is 6.81. The van der Waals surface area contributed by atoms with Gasteiger partial charge in [0.15, 0.2) is 0 Å². The van der Waals surface area contributed by atoms with Crippen molar-refractivity contribution in [3.8, 4) is 0 Å². The Balaban J connectivity index is 1.97. The summed E-state index contributed by atoms with van der Waals surface area (Å²) in [5.74, 6) is 0.563. The van der Waals surface area contributed by atoms with Crippen LogP contribution in [0.5, 0.6) is 0 Å². The maximum atomic E-state index is 11.3. The van der Waals surface area contributed by atoms with Crippen LogP contribution in [0.25, 0.3) is 0 Å². The lowest BCUT2D eigenvalue weighted by molar-refractivity contribution is -0.116. The molecule has 25 heavy (non-hydrogen) atoms. The zero-order valence-corrected chi connectivity index (χ0v) is 16.1. The third kappa shape index (κ3) is 4.08. The third-order valence-corrected chi connectivity index (χ3v) is 5.85. The molecule has 1 N–H and O–H groups in total. The van der Waals surface area contributed by atoms with Crippen LogP contribution in [0.2, 0.25) is 10.0 Å². The summed E-state index contributed by atoms with van der Waals surface area (Å²) < 4.78 is 0. The van der Waals surface area contributed by atoms with E-state index in [4.69, 9.17) is 23.2 Å². The van der Waals surface area contributed by atoms with Gasteiger partial charge in [-0.25, -0.2) is 0 Å². The monoisotopic (exact) mass is 375 g/mol. The Morgan fingerprint density at radius 2 is 1.88 bits per heavy atom. The van der Waals surface area contributed by atoms with Gasteiger partial charge in [-0.05, 0) is 67.6 Å². The summed E-state index contributed by atoms with van der Waals surface area (Å²) in [6, 6.07) is 12.9. The molecule has 4 heteroatoms. The van der Waals surface area contributed by atoms with E-state index in [9.17, 15) is 4.79 Å². The number of rotatable bonds is 5. The summed E-state index contributed by atoms with van der Waals surface area (Å²) in [6.45, 7) is 1.65. The number of fused-ring (bicyclic) bond motifs is 1. The summed E-state index contributed by atoms with van der Waals surface area (Å²) >= 11 is 12.3. The molecule has 0 fully saturated rings. The molecule has 132 valence electrons. The van der Waals surface area contributed by atoms with Gasteiger partial charge in [-0.1, -0.05) is 47.5 Å². The van der Waals surface area contributed by atoms with Crippen LogP contribution < -0.4 is 5.32 Å². The topological polar surface area (TPSA) is 29.1 Å². The first kappa shape index (κ1) is 18.4. The van der Waals surface area contributed by atoms with E-state index in [1.54, 1.807) is 6.92 Å². The summed E-state index contributed by atoms with van der Waals surface area (Å²) in [6.07, 6.45) is 3.55. The van der Waals surface area contributed by atoms with Crippen LogP contribution in [-0.4, -0.2) is 12.8 Å². The van der Waals surface area contributed by atoms with Gasteiger partial charge < -0.3 is 10.1 Å². The van der Waals surface area contributed by atoms with E-state index in [0.29, 0.717) is 28.4 Å². The first-order chi connectivity index (χ1) is 12.0. The Hall–Kier alpha value is -1.35. The number of ketones is 1. The number of halogens is 2. The lowest BCUT2D eigenvalue weighted by atomic mass is 9.76. The molecule has 2 aromatic rings. The van der Waals surface area contributed by atoms with Gasteiger partial charge in [0, 0.05) is 18.4 Å². The van der Waals surface area contributed by atoms with E-state index < -0.39 is 0 Å². The van der Waals surface area contributed by atoms with Gasteiger partial charge in [-0.15, -0.1) is 0 Å². The second-order valence-corrected chi connectivity index (χ2v) is 7.62. The fourth-order valence-electron chi connectivity index (χ4n) is 3.74. The lowest BCUT2D eigenvalue weighted by Gasteiger charge is -2.32. The normalized spacial score (nSPS) is 19.5. The maximum Gasteiger partial charge on any atom is 0.130 e. The van der Waals surface area contributed by atoms with E-state index in [0.717, 1.165) is 19.3 Å². The molecule has 2 nitrogen and oxygen atoms in total. The maximum absolute atomic E-state index is 11.3. The van der Waals surface area contributed by atoms with Gasteiger partial charge in [0.1, 0.15) is 5.78 Å². The zero-order chi connectivity index (χ0) is 18.0. The smallest absolute Gasteiger partial charge is 0.130 e. The molecule has 0 saturated heterocycles. The summed E-state index contributed by atoms with van der Waals surface area (Å²) in [4.78, 5) is 11.3. The van der Waals surface area contributed by atoms with Crippen molar-refractivity contribution in [2.24, 2.45) is 0 Å². The Morgan fingerprint density at radius 3 is 2.56 bits per heavy atom. The third-order valence-electron chi connectivity index (χ3n) is 5.11. The summed E-state index contributed by atoms with van der Waals surface area (Å²) in [5, 5.41) is 4.63. The minimum absolute atomic E-state index is 0.233. The van der Waals surface area contributed by atoms with Crippen molar-refractivity contribution in [1.29, 1.82) is 0 Å². The van der Waals surface area contributed by atoms with Gasteiger partial charge >= 0.3 is 0 Å². The van der Waals surface area contributed by atoms with Crippen molar-refractivity contribution in [3.05, 3.63) is 68.7 Å². The number of Topliss-reactive ketones (excluding diaryl/α,β-unsaturated/α-hetero) is 1. The molecular formula is C21H23Cl2NO. The van der Waals surface area contributed by atoms with Gasteiger partial charge in [0.05, 0.1) is 10.0 Å². The van der Waals surface area contributed by atoms with Gasteiger partial charge in [-0.2, -0.15) is 0 Å². The Labute approximate surface area is 159 Å². The largest absolute Gasteiger partial charge is 0.313 e. The van der Waals surface area contributed by atoms with Crippen LogP contribution in [0.4, 0.5) is 0 Å². The molecule has 2 atom stereocenters. The van der Waals surface area contributed by atoms with Crippen LogP contribution in [0.15, 0.2) is 36.4 Å². The molecule has 0 bridgehead atoms. The standard InChI is InChI=1S/C21H23Cl2NO/c1-13(25)3-4-14-5-7-17-16(8-10-21(24-2)18(17)11-14)15-6-9-19(22)20(23)12-15/h5-7,9,11-12,16,21,24H,3-4,8,10H2,1-2H3. The molecule has 0 heterocycles. The van der Waals surface area contributed by atoms with Crippen LogP contribution in [0, 0.1) is 0 Å². The molecule has 2 aromatic carbocycles. The minimum Gasteiger partial charge on any atom is -0.313 e. The number of nitrogens with one attached hydrogen (secondary N) is 1. The van der Waals surface area contributed by atoms with E-state index in [-0.39, 0.29) is 5.78 Å². The first-order valence-corrected chi connectivity index (χ1v) is 9.49. The molecule has 3 rings (SSSR count). The Morgan fingerprint density at radius 1 is 1.08 bits per heavy atom. The highest BCUT2D eigenvalue weighted by atomic mass is 35.5. The highest BCUT2D eigenvalue weighted by Crippen LogP contribution is 2.42. The molecule has 2 unspecified atom stereocenters. The first-order valence-electron chi connectivity index (χ1n) is 8.74. The molecule has 1 aliphatic rings. The number of aryl methyl sites for hydroxylation is 1. The van der Waals surface area contributed by atoms with E-state index in [2.05, 4.69) is 29.6 Å². The fourth-order valence-corrected chi connectivity index (χ4v) is 4.05. The van der Waals surface area contributed by atoms with Crippen molar-refractivity contribution >= 4 is 29.0 Å². The van der Waals surface area contributed by atoms with Gasteiger partial charge in [0.2, 0.25) is 0 Å². The molecule has 0 spiro atoms. The van der Waals surface area contributed by atoms with Crippen molar-refractivity contribution in [3.63, 3.8) is 0 Å². The van der Waals surface area contributed by atoms with Gasteiger partial charge in [-0.3, -0.25) is 0 Å². The van der Waals surface area contributed by atoms with Crippen molar-refractivity contribution in [2.45, 2.75) is 44.6 Å². The molecule has 0 aliphatic heterocycles. The van der Waals surface area contributed by atoms with Crippen molar-refractivity contribution < 1.29 is 4.79 Å². The Bertz CT molecular complexity index is 787. The quantitative estimate of drug-likeness (QED) is 0.725. The van der Waals surface area contributed by atoms with Crippen LogP contribution in [0.1, 0.15) is 60.4 Å². The molecule has 1 aliphatic carbocycles. The predicted octanol–water partition coefficient (Wildman–Crippen LogP) is 5.70. The number of hydrogen-bond acceptors (Lipinski definition) is 2. The zero-order valence-electron chi connectivity index (χ0n) is 14.6. The van der Waals surface area contributed by atoms with Crippen LogP contribution in [0.3, 0.4) is 0 Å².